The van der Waals surface area contributed by atoms with Gasteiger partial charge in [-0.05, 0) is 30.7 Å². The van der Waals surface area contributed by atoms with Gasteiger partial charge < -0.3 is 9.47 Å². The van der Waals surface area contributed by atoms with Crippen LogP contribution in [-0.2, 0) is 0 Å². The number of aromatic nitrogens is 1. The molecule has 1 aromatic carbocycles. The predicted octanol–water partition coefficient (Wildman–Crippen LogP) is 2.64. The van der Waals surface area contributed by atoms with E-state index in [1.165, 1.54) is 0 Å². The number of pyridine rings is 1. The summed E-state index contributed by atoms with van der Waals surface area (Å²) in [5.41, 5.74) is 1.99. The topological polar surface area (TPSA) is 48.4 Å². The first kappa shape index (κ1) is 13.1. The van der Waals surface area contributed by atoms with Crippen LogP contribution in [0.4, 0.5) is 0 Å². The quantitative estimate of drug-likeness (QED) is 0.790. The van der Waals surface area contributed by atoms with Crippen molar-refractivity contribution in [2.45, 2.75) is 6.92 Å². The van der Waals surface area contributed by atoms with Crippen molar-refractivity contribution in [3.05, 3.63) is 53.3 Å². The largest absolute Gasteiger partial charge is 0.497 e. The van der Waals surface area contributed by atoms with Gasteiger partial charge in [0.2, 0.25) is 0 Å². The lowest BCUT2D eigenvalue weighted by Crippen LogP contribution is -2.05. The third kappa shape index (κ3) is 2.73. The molecule has 2 rings (SSSR count). The minimum absolute atomic E-state index is 0.0946. The van der Waals surface area contributed by atoms with E-state index in [9.17, 15) is 4.79 Å². The van der Waals surface area contributed by atoms with Crippen molar-refractivity contribution >= 4 is 5.78 Å². The Morgan fingerprint density at radius 3 is 2.26 bits per heavy atom. The molecule has 0 radical (unpaired) electrons. The van der Waals surface area contributed by atoms with Crippen LogP contribution in [0.2, 0.25) is 0 Å². The van der Waals surface area contributed by atoms with Crippen molar-refractivity contribution in [1.29, 1.82) is 0 Å². The Kier molecular flexibility index (Phi) is 3.80. The van der Waals surface area contributed by atoms with E-state index in [2.05, 4.69) is 4.98 Å². The molecule has 0 spiro atoms. The average Bonchev–Trinajstić information content (AvgIpc) is 2.46. The van der Waals surface area contributed by atoms with Crippen molar-refractivity contribution in [3.8, 4) is 11.5 Å². The number of nitrogens with zero attached hydrogens (tertiary/aromatic N) is 1. The second-order valence-electron chi connectivity index (χ2n) is 4.12. The highest BCUT2D eigenvalue weighted by atomic mass is 16.5. The van der Waals surface area contributed by atoms with Crippen molar-refractivity contribution in [2.24, 2.45) is 0 Å². The molecule has 0 bridgehead atoms. The summed E-state index contributed by atoms with van der Waals surface area (Å²) in [7, 11) is 3.11. The molecule has 0 atom stereocenters. The van der Waals surface area contributed by atoms with Crippen molar-refractivity contribution in [3.63, 3.8) is 0 Å². The molecule has 19 heavy (non-hydrogen) atoms. The highest BCUT2D eigenvalue weighted by Gasteiger charge is 2.14. The van der Waals surface area contributed by atoms with E-state index in [4.69, 9.17) is 9.47 Å². The normalized spacial score (nSPS) is 10.1. The average molecular weight is 257 g/mol. The van der Waals surface area contributed by atoms with Gasteiger partial charge in [0.25, 0.3) is 0 Å². The van der Waals surface area contributed by atoms with E-state index in [0.29, 0.717) is 22.6 Å². The lowest BCUT2D eigenvalue weighted by molar-refractivity contribution is 0.103. The second-order valence-corrected chi connectivity index (χ2v) is 4.12. The standard InChI is InChI=1S/C15H15NO3/c1-10-4-5-16-9-14(10)15(17)11-6-12(18-2)8-13(7-11)19-3/h4-9H,1-3H3. The first-order valence-corrected chi connectivity index (χ1v) is 5.84. The first-order chi connectivity index (χ1) is 9.15. The van der Waals surface area contributed by atoms with Crippen LogP contribution >= 0.6 is 0 Å². The summed E-state index contributed by atoms with van der Waals surface area (Å²) in [6, 6.07) is 6.92. The number of ketones is 1. The van der Waals surface area contributed by atoms with E-state index in [1.54, 1.807) is 44.8 Å². The van der Waals surface area contributed by atoms with Crippen molar-refractivity contribution in [2.75, 3.05) is 14.2 Å². The van der Waals surface area contributed by atoms with Crippen LogP contribution in [0.15, 0.2) is 36.7 Å². The summed E-state index contributed by atoms with van der Waals surface area (Å²) in [6.45, 7) is 1.88. The van der Waals surface area contributed by atoms with Gasteiger partial charge in [-0.1, -0.05) is 0 Å². The molecule has 2 aromatic rings. The van der Waals surface area contributed by atoms with E-state index in [0.717, 1.165) is 5.56 Å². The van der Waals surface area contributed by atoms with E-state index < -0.39 is 0 Å². The van der Waals surface area contributed by atoms with Gasteiger partial charge in [0.05, 0.1) is 14.2 Å². The van der Waals surface area contributed by atoms with Crippen LogP contribution in [0.5, 0.6) is 11.5 Å². The molecule has 0 aliphatic carbocycles. The molecular weight excluding hydrogens is 242 g/mol. The Labute approximate surface area is 112 Å². The number of hydrogen-bond donors (Lipinski definition) is 0. The molecule has 98 valence electrons. The Hall–Kier alpha value is -2.36. The predicted molar refractivity (Wildman–Crippen MR) is 72.0 cm³/mol. The number of hydrogen-bond acceptors (Lipinski definition) is 4. The minimum atomic E-state index is -0.0946. The minimum Gasteiger partial charge on any atom is -0.497 e. The Bertz CT molecular complexity index is 586. The van der Waals surface area contributed by atoms with E-state index in [1.807, 2.05) is 13.0 Å². The summed E-state index contributed by atoms with van der Waals surface area (Å²) in [6.07, 6.45) is 3.24. The molecule has 0 unspecified atom stereocenters. The summed E-state index contributed by atoms with van der Waals surface area (Å²) in [5.74, 6) is 1.08. The van der Waals surface area contributed by atoms with Crippen molar-refractivity contribution < 1.29 is 14.3 Å². The number of aryl methyl sites for hydroxylation is 1. The van der Waals surface area contributed by atoms with Crippen LogP contribution in [0.1, 0.15) is 21.5 Å². The Balaban J connectivity index is 2.47. The molecule has 1 heterocycles. The summed E-state index contributed by atoms with van der Waals surface area (Å²) >= 11 is 0. The van der Waals surface area contributed by atoms with Gasteiger partial charge in [0, 0.05) is 29.6 Å². The number of benzene rings is 1. The third-order valence-electron chi connectivity index (χ3n) is 2.90. The van der Waals surface area contributed by atoms with Gasteiger partial charge in [-0.2, -0.15) is 0 Å². The zero-order valence-corrected chi connectivity index (χ0v) is 11.1. The Morgan fingerprint density at radius 1 is 1.11 bits per heavy atom. The maximum absolute atomic E-state index is 12.5. The zero-order valence-electron chi connectivity index (χ0n) is 11.1. The summed E-state index contributed by atoms with van der Waals surface area (Å²) in [5, 5.41) is 0. The molecule has 0 amide bonds. The van der Waals surface area contributed by atoms with Gasteiger partial charge in [0.15, 0.2) is 5.78 Å². The van der Waals surface area contributed by atoms with E-state index >= 15 is 0 Å². The number of methoxy groups -OCH3 is 2. The van der Waals surface area contributed by atoms with Crippen LogP contribution < -0.4 is 9.47 Å². The zero-order chi connectivity index (χ0) is 13.8. The second kappa shape index (κ2) is 5.52. The smallest absolute Gasteiger partial charge is 0.195 e. The molecule has 4 nitrogen and oxygen atoms in total. The molecule has 0 N–H and O–H groups in total. The lowest BCUT2D eigenvalue weighted by atomic mass is 10.0. The molecule has 0 saturated carbocycles. The monoisotopic (exact) mass is 257 g/mol. The van der Waals surface area contributed by atoms with Gasteiger partial charge in [-0.3, -0.25) is 9.78 Å². The van der Waals surface area contributed by atoms with Crippen LogP contribution in [0, 0.1) is 6.92 Å². The molecule has 0 aliphatic rings. The third-order valence-corrected chi connectivity index (χ3v) is 2.90. The lowest BCUT2D eigenvalue weighted by Gasteiger charge is -2.09. The van der Waals surface area contributed by atoms with Crippen LogP contribution in [0.25, 0.3) is 0 Å². The van der Waals surface area contributed by atoms with Gasteiger partial charge in [0.1, 0.15) is 11.5 Å². The molecule has 0 saturated heterocycles. The number of carbonyl (C=O) groups excluding carboxylic acids is 1. The number of rotatable bonds is 4. The van der Waals surface area contributed by atoms with Crippen molar-refractivity contribution in [1.82, 2.24) is 4.98 Å². The first-order valence-electron chi connectivity index (χ1n) is 5.84. The van der Waals surface area contributed by atoms with Crippen LogP contribution in [-0.4, -0.2) is 25.0 Å². The fraction of sp³-hybridized carbons (Fsp3) is 0.200. The highest BCUT2D eigenvalue weighted by molar-refractivity contribution is 6.10. The molecule has 1 aromatic heterocycles. The fourth-order valence-corrected chi connectivity index (χ4v) is 1.80. The molecule has 0 aliphatic heterocycles. The summed E-state index contributed by atoms with van der Waals surface area (Å²) in [4.78, 5) is 16.4. The fourth-order valence-electron chi connectivity index (χ4n) is 1.80. The van der Waals surface area contributed by atoms with Crippen LogP contribution in [0.3, 0.4) is 0 Å². The van der Waals surface area contributed by atoms with Gasteiger partial charge >= 0.3 is 0 Å². The highest BCUT2D eigenvalue weighted by Crippen LogP contribution is 2.24. The number of carbonyl (C=O) groups is 1. The molecular formula is C15H15NO3. The van der Waals surface area contributed by atoms with Gasteiger partial charge in [-0.15, -0.1) is 0 Å². The maximum Gasteiger partial charge on any atom is 0.195 e. The molecule has 0 fully saturated rings. The van der Waals surface area contributed by atoms with E-state index in [-0.39, 0.29) is 5.78 Å². The Morgan fingerprint density at radius 2 is 1.74 bits per heavy atom. The number of ether oxygens (including phenoxy) is 2. The maximum atomic E-state index is 12.5. The SMILES string of the molecule is COc1cc(OC)cc(C(=O)c2cnccc2C)c1. The summed E-state index contributed by atoms with van der Waals surface area (Å²) < 4.78 is 10.3. The van der Waals surface area contributed by atoms with Gasteiger partial charge in [-0.25, -0.2) is 0 Å². The molecule has 4 heteroatoms.